The minimum atomic E-state index is -4.92. The van der Waals surface area contributed by atoms with E-state index in [0.29, 0.717) is 0 Å². The number of nitrogens with zero attached hydrogens (tertiary/aromatic N) is 2. The average molecular weight is 500 g/mol. The summed E-state index contributed by atoms with van der Waals surface area (Å²) in [5.41, 5.74) is -0.716. The highest BCUT2D eigenvalue weighted by atomic mass is 19.4. The van der Waals surface area contributed by atoms with Crippen LogP contribution >= 0.6 is 0 Å². The third-order valence-corrected chi connectivity index (χ3v) is 7.32. The zero-order valence-electron chi connectivity index (χ0n) is 19.3. The van der Waals surface area contributed by atoms with Crippen molar-refractivity contribution >= 4 is 5.69 Å². The van der Waals surface area contributed by atoms with Crippen molar-refractivity contribution in [3.05, 3.63) is 93.5 Å². The molecule has 0 spiro atoms. The van der Waals surface area contributed by atoms with E-state index in [9.17, 15) is 28.2 Å². The smallest absolute Gasteiger partial charge is 0.433 e. The van der Waals surface area contributed by atoms with Gasteiger partial charge in [-0.25, -0.2) is 4.68 Å². The highest BCUT2D eigenvalue weighted by Crippen LogP contribution is 2.50. The van der Waals surface area contributed by atoms with Gasteiger partial charge in [-0.05, 0) is 35.6 Å². The second-order valence-electron chi connectivity index (χ2n) is 9.66. The molecule has 1 aromatic heterocycles. The molecule has 1 fully saturated rings. The summed E-state index contributed by atoms with van der Waals surface area (Å²) in [7, 11) is 1.83. The lowest BCUT2D eigenvalue weighted by atomic mass is 9.64. The highest BCUT2D eigenvalue weighted by molar-refractivity contribution is 5.69. The van der Waals surface area contributed by atoms with Gasteiger partial charge >= 0.3 is 6.18 Å². The fourth-order valence-corrected chi connectivity index (χ4v) is 5.44. The van der Waals surface area contributed by atoms with E-state index in [1.165, 1.54) is 12.1 Å². The van der Waals surface area contributed by atoms with Gasteiger partial charge in [0.25, 0.3) is 5.56 Å². The number of fused-ring (bicyclic) bond motifs is 1. The summed E-state index contributed by atoms with van der Waals surface area (Å²) >= 11 is 0. The number of hydrogen-bond acceptors (Lipinski definition) is 4. The lowest BCUT2D eigenvalue weighted by molar-refractivity contribution is -0.543. The van der Waals surface area contributed by atoms with Gasteiger partial charge in [0.1, 0.15) is 5.69 Å². The summed E-state index contributed by atoms with van der Waals surface area (Å²) in [5.74, 6) is -2.65. The molecule has 2 aliphatic rings. The predicted molar refractivity (Wildman–Crippen MR) is 128 cm³/mol. The normalized spacial score (nSPS) is 25.9. The number of para-hydroxylation sites is 2. The van der Waals surface area contributed by atoms with Crippen LogP contribution in [-0.4, -0.2) is 29.0 Å². The van der Waals surface area contributed by atoms with Crippen LogP contribution in [0.3, 0.4) is 0 Å². The number of alkyl halides is 3. The number of benzene rings is 2. The predicted octanol–water partition coefficient (Wildman–Crippen LogP) is 3.30. The van der Waals surface area contributed by atoms with Crippen molar-refractivity contribution in [3.8, 4) is 5.69 Å². The molecule has 0 radical (unpaired) electrons. The Labute approximate surface area is 207 Å². The number of H-pyrrole nitrogens is 1. The Morgan fingerprint density at radius 1 is 1.00 bits per heavy atom. The topological polar surface area (TPSA) is 87.2 Å². The minimum absolute atomic E-state index is 0. The third kappa shape index (κ3) is 3.69. The number of halogens is 3. The first kappa shape index (κ1) is 25.8. The van der Waals surface area contributed by atoms with Crippen molar-refractivity contribution in [2.75, 3.05) is 11.9 Å². The Balaban J connectivity index is 0.00000304. The first-order chi connectivity index (χ1) is 16.4. The number of likely N-dealkylation sites (N-methyl/N-ethyl adjacent to an activating group) is 1. The summed E-state index contributed by atoms with van der Waals surface area (Å²) in [6.07, 6.45) is -6.67. The molecule has 2 unspecified atom stereocenters. The minimum Gasteiger partial charge on any atom is -0.851 e. The number of anilines is 1. The Morgan fingerprint density at radius 2 is 1.58 bits per heavy atom. The Kier molecular flexibility index (Phi) is 6.21. The van der Waals surface area contributed by atoms with Gasteiger partial charge in [-0.2, -0.15) is 13.2 Å². The Morgan fingerprint density at radius 3 is 2.17 bits per heavy atom. The van der Waals surface area contributed by atoms with E-state index < -0.39 is 52.5 Å². The Hall–Kier alpha value is -3.30. The van der Waals surface area contributed by atoms with E-state index in [0.717, 1.165) is 21.6 Å². The van der Waals surface area contributed by atoms with Crippen LogP contribution in [0.4, 0.5) is 18.9 Å². The SMILES string of the molecule is C.CN1C(=CC2C([O-])C(c3c(C(F)(F)F)[nH]n(-c4ccccc4)c3=O)C2[O-])C(C)(C)c2ccccc21. The number of aromatic amines is 1. The number of nitrogens with one attached hydrogen (secondary N) is 1. The molecule has 3 aromatic rings. The Bertz CT molecular complexity index is 1350. The molecule has 192 valence electrons. The first-order valence-electron chi connectivity index (χ1n) is 11.3. The third-order valence-electron chi connectivity index (χ3n) is 7.32. The van der Waals surface area contributed by atoms with Gasteiger partial charge in [0.15, 0.2) is 0 Å². The van der Waals surface area contributed by atoms with E-state index in [4.69, 9.17) is 0 Å². The summed E-state index contributed by atoms with van der Waals surface area (Å²) in [4.78, 5) is 15.0. The van der Waals surface area contributed by atoms with E-state index in [2.05, 4.69) is 5.10 Å². The molecule has 2 heterocycles. The molecule has 2 aromatic carbocycles. The van der Waals surface area contributed by atoms with Crippen molar-refractivity contribution in [2.24, 2.45) is 5.92 Å². The number of aromatic nitrogens is 2. The first-order valence-corrected chi connectivity index (χ1v) is 11.3. The van der Waals surface area contributed by atoms with E-state index in [1.54, 1.807) is 24.3 Å². The molecule has 1 N–H and O–H groups in total. The molecule has 5 rings (SSSR count). The molecule has 6 nitrogen and oxygen atoms in total. The highest BCUT2D eigenvalue weighted by Gasteiger charge is 2.47. The number of rotatable bonds is 3. The molecule has 1 aliphatic carbocycles. The summed E-state index contributed by atoms with van der Waals surface area (Å²) in [5, 5.41) is 28.5. The zero-order chi connectivity index (χ0) is 25.3. The van der Waals surface area contributed by atoms with Gasteiger partial charge in [-0.15, -0.1) is 12.2 Å². The summed E-state index contributed by atoms with van der Waals surface area (Å²) in [6.45, 7) is 3.95. The van der Waals surface area contributed by atoms with Crippen molar-refractivity contribution < 1.29 is 23.4 Å². The standard InChI is InChI=1S/C26H24F3N3O3.CH4/c1-25(2)16-11-7-8-12-17(16)31(3)18(25)13-15-21(33)19(22(15)34)20-23(26(27,28)29)30-32(24(20)35)14-9-5-4-6-10-14;/h4-13,15,19,21-22,30H,1-3H3;1H4/q-2;. The lowest BCUT2D eigenvalue weighted by Gasteiger charge is -2.60. The van der Waals surface area contributed by atoms with E-state index >= 15 is 0 Å². The molecule has 1 aliphatic heterocycles. The molecule has 1 saturated carbocycles. The van der Waals surface area contributed by atoms with Crippen LogP contribution in [0.1, 0.15) is 44.0 Å². The fourth-order valence-electron chi connectivity index (χ4n) is 5.44. The maximum Gasteiger partial charge on any atom is 0.433 e. The van der Waals surface area contributed by atoms with Crippen LogP contribution in [0.25, 0.3) is 5.69 Å². The average Bonchev–Trinajstić information content (AvgIpc) is 3.25. The molecule has 9 heteroatoms. The maximum atomic E-state index is 13.9. The second-order valence-corrected chi connectivity index (χ2v) is 9.66. The lowest BCUT2D eigenvalue weighted by Crippen LogP contribution is -2.65. The summed E-state index contributed by atoms with van der Waals surface area (Å²) < 4.78 is 42.3. The molecular weight excluding hydrogens is 471 g/mol. The van der Waals surface area contributed by atoms with Gasteiger partial charge in [0.2, 0.25) is 0 Å². The van der Waals surface area contributed by atoms with Crippen molar-refractivity contribution in [2.45, 2.75) is 51.0 Å². The van der Waals surface area contributed by atoms with Gasteiger partial charge < -0.3 is 15.1 Å². The number of hydrogen-bond donors (Lipinski definition) is 1. The molecular formula is C27H28F3N3O3-2. The zero-order valence-corrected chi connectivity index (χ0v) is 19.3. The van der Waals surface area contributed by atoms with Gasteiger partial charge in [0, 0.05) is 23.8 Å². The van der Waals surface area contributed by atoms with Crippen molar-refractivity contribution in [3.63, 3.8) is 0 Å². The van der Waals surface area contributed by atoms with Crippen LogP contribution in [-0.2, 0) is 11.6 Å². The van der Waals surface area contributed by atoms with Crippen molar-refractivity contribution in [1.82, 2.24) is 9.78 Å². The van der Waals surface area contributed by atoms with E-state index in [1.807, 2.05) is 50.1 Å². The molecule has 2 atom stereocenters. The van der Waals surface area contributed by atoms with Gasteiger partial charge in [-0.1, -0.05) is 63.7 Å². The maximum absolute atomic E-state index is 13.9. The van der Waals surface area contributed by atoms with Crippen LogP contribution in [0.5, 0.6) is 0 Å². The molecule has 0 amide bonds. The van der Waals surface area contributed by atoms with Crippen LogP contribution < -0.4 is 20.7 Å². The van der Waals surface area contributed by atoms with E-state index in [-0.39, 0.29) is 13.1 Å². The van der Waals surface area contributed by atoms with Crippen LogP contribution in [0.2, 0.25) is 0 Å². The largest absolute Gasteiger partial charge is 0.851 e. The van der Waals surface area contributed by atoms with Crippen LogP contribution in [0, 0.1) is 5.92 Å². The molecule has 0 saturated heterocycles. The second kappa shape index (κ2) is 8.67. The molecule has 36 heavy (non-hydrogen) atoms. The van der Waals surface area contributed by atoms with Gasteiger partial charge in [0.05, 0.1) is 11.3 Å². The summed E-state index contributed by atoms with van der Waals surface area (Å²) in [6, 6.07) is 15.5. The number of allylic oxidation sites excluding steroid dienone is 1. The quantitative estimate of drug-likeness (QED) is 0.599. The van der Waals surface area contributed by atoms with Gasteiger partial charge in [-0.3, -0.25) is 9.89 Å². The van der Waals surface area contributed by atoms with Crippen molar-refractivity contribution in [1.29, 1.82) is 0 Å². The molecule has 0 bridgehead atoms. The monoisotopic (exact) mass is 499 g/mol. The van der Waals surface area contributed by atoms with Crippen LogP contribution in [0.15, 0.2) is 71.2 Å². The fraction of sp³-hybridized carbons (Fsp3) is 0.370.